The number of halogens is 4. The van der Waals surface area contributed by atoms with Gasteiger partial charge in [-0.05, 0) is 6.42 Å². The van der Waals surface area contributed by atoms with Crippen LogP contribution in [0.3, 0.4) is 0 Å². The Balaban J connectivity index is 2.54. The van der Waals surface area contributed by atoms with E-state index in [0.717, 1.165) is 0 Å². The molecular formula is C5H6Cl4. The van der Waals surface area contributed by atoms with E-state index in [1.165, 1.54) is 0 Å². The van der Waals surface area contributed by atoms with E-state index < -0.39 is 0 Å². The first kappa shape index (κ1) is 8.26. The molecule has 0 aromatic carbocycles. The lowest BCUT2D eigenvalue weighted by atomic mass is 10.4. The molecule has 1 fully saturated rings. The number of hydrogen-bond acceptors (Lipinski definition) is 0. The van der Waals surface area contributed by atoms with Gasteiger partial charge in [0, 0.05) is 0 Å². The Bertz CT molecular complexity index is 93.1. The third-order valence-corrected chi connectivity index (χ3v) is 3.88. The van der Waals surface area contributed by atoms with Crippen molar-refractivity contribution in [3.8, 4) is 0 Å². The van der Waals surface area contributed by atoms with Crippen LogP contribution in [0.4, 0.5) is 0 Å². The molecule has 0 aliphatic heterocycles. The SMILES string of the molecule is Cl[C@H]1[C@H](Cl)[C@@H](Cl)C[C@H]1Cl. The largest absolute Gasteiger partial charge is 0.121 e. The monoisotopic (exact) mass is 206 g/mol. The van der Waals surface area contributed by atoms with Crippen molar-refractivity contribution in [2.45, 2.75) is 27.9 Å². The van der Waals surface area contributed by atoms with Crippen molar-refractivity contribution in [1.29, 1.82) is 0 Å². The lowest BCUT2D eigenvalue weighted by Crippen LogP contribution is -2.17. The van der Waals surface area contributed by atoms with Crippen LogP contribution in [0.2, 0.25) is 0 Å². The number of alkyl halides is 4. The maximum Gasteiger partial charge on any atom is 0.0678 e. The molecule has 0 bridgehead atoms. The molecule has 54 valence electrons. The smallest absolute Gasteiger partial charge is 0.0678 e. The van der Waals surface area contributed by atoms with E-state index in [0.29, 0.717) is 6.42 Å². The number of rotatable bonds is 0. The molecule has 0 heterocycles. The fraction of sp³-hybridized carbons (Fsp3) is 1.00. The van der Waals surface area contributed by atoms with E-state index in [2.05, 4.69) is 0 Å². The molecule has 1 rings (SSSR count). The van der Waals surface area contributed by atoms with Gasteiger partial charge < -0.3 is 0 Å². The van der Waals surface area contributed by atoms with Gasteiger partial charge in [0.25, 0.3) is 0 Å². The zero-order valence-electron chi connectivity index (χ0n) is 4.53. The van der Waals surface area contributed by atoms with Crippen LogP contribution in [-0.4, -0.2) is 21.5 Å². The van der Waals surface area contributed by atoms with Crippen molar-refractivity contribution in [2.24, 2.45) is 0 Å². The molecule has 0 aromatic heterocycles. The molecule has 9 heavy (non-hydrogen) atoms. The van der Waals surface area contributed by atoms with Crippen LogP contribution in [0.25, 0.3) is 0 Å². The van der Waals surface area contributed by atoms with Crippen molar-refractivity contribution in [3.05, 3.63) is 0 Å². The molecular weight excluding hydrogens is 202 g/mol. The summed E-state index contributed by atoms with van der Waals surface area (Å²) in [5, 5.41) is -0.458. The summed E-state index contributed by atoms with van der Waals surface area (Å²) in [6.45, 7) is 0. The molecule has 1 aliphatic rings. The highest BCUT2D eigenvalue weighted by Gasteiger charge is 2.39. The molecule has 1 aliphatic carbocycles. The fourth-order valence-electron chi connectivity index (χ4n) is 0.874. The van der Waals surface area contributed by atoms with Crippen LogP contribution in [0.5, 0.6) is 0 Å². The molecule has 4 heteroatoms. The first-order chi connectivity index (χ1) is 4.13. The van der Waals surface area contributed by atoms with Crippen molar-refractivity contribution >= 4 is 46.4 Å². The second kappa shape index (κ2) is 3.04. The van der Waals surface area contributed by atoms with Gasteiger partial charge >= 0.3 is 0 Å². The van der Waals surface area contributed by atoms with Crippen molar-refractivity contribution in [2.75, 3.05) is 0 Å². The number of hydrogen-bond donors (Lipinski definition) is 0. The van der Waals surface area contributed by atoms with Gasteiger partial charge in [0.2, 0.25) is 0 Å². The molecule has 0 saturated heterocycles. The van der Waals surface area contributed by atoms with Gasteiger partial charge in [-0.1, -0.05) is 0 Å². The fourth-order valence-corrected chi connectivity index (χ4v) is 2.37. The molecule has 0 spiro atoms. The average molecular weight is 208 g/mol. The van der Waals surface area contributed by atoms with Gasteiger partial charge in [0.15, 0.2) is 0 Å². The summed E-state index contributed by atoms with van der Waals surface area (Å²) in [7, 11) is 0. The third-order valence-electron chi connectivity index (χ3n) is 1.45. The van der Waals surface area contributed by atoms with E-state index in [1.54, 1.807) is 0 Å². The zero-order valence-corrected chi connectivity index (χ0v) is 7.55. The second-order valence-electron chi connectivity index (χ2n) is 2.16. The molecule has 0 radical (unpaired) electrons. The first-order valence-electron chi connectivity index (χ1n) is 2.69. The Hall–Kier alpha value is 1.16. The molecule has 1 saturated carbocycles. The quantitative estimate of drug-likeness (QED) is 0.537. The lowest BCUT2D eigenvalue weighted by Gasteiger charge is -2.07. The normalized spacial score (nSPS) is 52.0. The van der Waals surface area contributed by atoms with Crippen molar-refractivity contribution in [3.63, 3.8) is 0 Å². The van der Waals surface area contributed by atoms with E-state index in [9.17, 15) is 0 Å². The Morgan fingerprint density at radius 1 is 0.778 bits per heavy atom. The van der Waals surface area contributed by atoms with Crippen LogP contribution in [-0.2, 0) is 0 Å². The minimum atomic E-state index is -0.171. The van der Waals surface area contributed by atoms with Gasteiger partial charge in [-0.3, -0.25) is 0 Å². The zero-order chi connectivity index (χ0) is 7.02. The highest BCUT2D eigenvalue weighted by atomic mass is 35.5. The van der Waals surface area contributed by atoms with Crippen LogP contribution in [0.1, 0.15) is 6.42 Å². The minimum Gasteiger partial charge on any atom is -0.121 e. The molecule has 0 amide bonds. The highest BCUT2D eigenvalue weighted by molar-refractivity contribution is 6.39. The average Bonchev–Trinajstić information content (AvgIpc) is 1.98. The van der Waals surface area contributed by atoms with Gasteiger partial charge in [-0.25, -0.2) is 0 Å². The van der Waals surface area contributed by atoms with Crippen molar-refractivity contribution < 1.29 is 0 Å². The summed E-state index contributed by atoms with van der Waals surface area (Å²) >= 11 is 23.0. The molecule has 4 atom stereocenters. The Kier molecular flexibility index (Phi) is 2.79. The first-order valence-corrected chi connectivity index (χ1v) is 4.44. The third kappa shape index (κ3) is 1.59. The maximum absolute atomic E-state index is 5.76. The minimum absolute atomic E-state index is 0.0586. The van der Waals surface area contributed by atoms with E-state index in [4.69, 9.17) is 46.4 Å². The van der Waals surface area contributed by atoms with Crippen LogP contribution in [0.15, 0.2) is 0 Å². The van der Waals surface area contributed by atoms with Gasteiger partial charge in [-0.15, -0.1) is 46.4 Å². The summed E-state index contributed by atoms with van der Waals surface area (Å²) in [5.41, 5.74) is 0. The molecule has 0 N–H and O–H groups in total. The lowest BCUT2D eigenvalue weighted by molar-refractivity contribution is 0.901. The summed E-state index contributed by atoms with van der Waals surface area (Å²) in [5.74, 6) is 0. The summed E-state index contributed by atoms with van der Waals surface area (Å²) < 4.78 is 0. The van der Waals surface area contributed by atoms with Gasteiger partial charge in [0.05, 0.1) is 21.5 Å². The van der Waals surface area contributed by atoms with E-state index >= 15 is 0 Å². The van der Waals surface area contributed by atoms with Gasteiger partial charge in [-0.2, -0.15) is 0 Å². The van der Waals surface area contributed by atoms with E-state index in [-0.39, 0.29) is 21.5 Å². The molecule has 0 nitrogen and oxygen atoms in total. The molecule has 0 aromatic rings. The highest BCUT2D eigenvalue weighted by Crippen LogP contribution is 2.36. The van der Waals surface area contributed by atoms with Crippen LogP contribution < -0.4 is 0 Å². The van der Waals surface area contributed by atoms with Crippen LogP contribution >= 0.6 is 46.4 Å². The predicted molar refractivity (Wildman–Crippen MR) is 43.2 cm³/mol. The Morgan fingerprint density at radius 3 is 1.22 bits per heavy atom. The standard InChI is InChI=1S/C5H6Cl4/c6-2-1-3(7)5(9)4(2)8/h2-5H,1H2/t2-,3+,4-,5-/m1/s1. The topological polar surface area (TPSA) is 0 Å². The Labute approximate surface area is 74.4 Å². The second-order valence-corrected chi connectivity index (χ2v) is 4.29. The van der Waals surface area contributed by atoms with E-state index in [1.807, 2.05) is 0 Å². The predicted octanol–water partition coefficient (Wildman–Crippen LogP) is 2.82. The molecule has 0 unspecified atom stereocenters. The summed E-state index contributed by atoms with van der Waals surface area (Å²) in [4.78, 5) is 0. The van der Waals surface area contributed by atoms with Crippen molar-refractivity contribution in [1.82, 2.24) is 0 Å². The Morgan fingerprint density at radius 2 is 1.11 bits per heavy atom. The van der Waals surface area contributed by atoms with Gasteiger partial charge in [0.1, 0.15) is 0 Å². The summed E-state index contributed by atoms with van der Waals surface area (Å²) in [6.07, 6.45) is 0.714. The van der Waals surface area contributed by atoms with Crippen LogP contribution in [0, 0.1) is 0 Å². The summed E-state index contributed by atoms with van der Waals surface area (Å²) in [6, 6.07) is 0. The maximum atomic E-state index is 5.76.